The normalized spacial score (nSPS) is 12.6. The van der Waals surface area contributed by atoms with Crippen molar-refractivity contribution in [2.45, 2.75) is 32.4 Å². The number of hydrogen-bond donors (Lipinski definition) is 3. The zero-order valence-corrected chi connectivity index (χ0v) is 16.4. The molecular formula is C19H20ClN5O3. The van der Waals surface area contributed by atoms with E-state index in [9.17, 15) is 14.7 Å². The lowest BCUT2D eigenvalue weighted by Gasteiger charge is -2.26. The molecule has 2 aromatic heterocycles. The Morgan fingerprint density at radius 1 is 1.32 bits per heavy atom. The molecule has 0 saturated heterocycles. The zero-order chi connectivity index (χ0) is 20.5. The largest absolute Gasteiger partial charge is 0.388 e. The van der Waals surface area contributed by atoms with Gasteiger partial charge in [-0.3, -0.25) is 14.7 Å². The Labute approximate surface area is 166 Å². The first-order chi connectivity index (χ1) is 13.2. The van der Waals surface area contributed by atoms with Gasteiger partial charge in [-0.15, -0.1) is 0 Å². The Hall–Kier alpha value is -2.97. The summed E-state index contributed by atoms with van der Waals surface area (Å²) >= 11 is 5.94. The molecule has 8 nitrogen and oxygen atoms in total. The minimum Gasteiger partial charge on any atom is -0.388 e. The van der Waals surface area contributed by atoms with Crippen molar-refractivity contribution in [1.29, 1.82) is 0 Å². The Balaban J connectivity index is 2.12. The lowest BCUT2D eigenvalue weighted by molar-refractivity contribution is 0.0408. The molecule has 1 atom stereocenters. The first kappa shape index (κ1) is 19.8. The predicted octanol–water partition coefficient (Wildman–Crippen LogP) is 2.17. The maximum atomic E-state index is 12.9. The molecule has 146 valence electrons. The van der Waals surface area contributed by atoms with Gasteiger partial charge in [-0.05, 0) is 39.0 Å². The van der Waals surface area contributed by atoms with Gasteiger partial charge in [0.15, 0.2) is 0 Å². The van der Waals surface area contributed by atoms with Crippen LogP contribution in [0.4, 0.5) is 0 Å². The number of H-pyrrole nitrogens is 1. The number of halogens is 1. The van der Waals surface area contributed by atoms with Gasteiger partial charge in [-0.2, -0.15) is 14.9 Å². The summed E-state index contributed by atoms with van der Waals surface area (Å²) in [6.45, 7) is 4.81. The predicted molar refractivity (Wildman–Crippen MR) is 106 cm³/mol. The van der Waals surface area contributed by atoms with E-state index in [1.165, 1.54) is 18.5 Å². The van der Waals surface area contributed by atoms with Crippen LogP contribution in [0.15, 0.2) is 47.5 Å². The lowest BCUT2D eigenvalue weighted by atomic mass is 10.0. The molecule has 0 spiro atoms. The van der Waals surface area contributed by atoms with Gasteiger partial charge in [0.1, 0.15) is 11.3 Å². The van der Waals surface area contributed by atoms with Crippen molar-refractivity contribution < 1.29 is 9.90 Å². The van der Waals surface area contributed by atoms with Crippen molar-refractivity contribution in [1.82, 2.24) is 25.3 Å². The molecule has 0 saturated carbocycles. The summed E-state index contributed by atoms with van der Waals surface area (Å²) in [5, 5.41) is 24.1. The van der Waals surface area contributed by atoms with E-state index in [0.29, 0.717) is 22.0 Å². The third kappa shape index (κ3) is 4.13. The molecule has 1 aromatic carbocycles. The number of aromatic nitrogens is 4. The zero-order valence-electron chi connectivity index (χ0n) is 15.6. The fraction of sp³-hybridized carbons (Fsp3) is 0.263. The van der Waals surface area contributed by atoms with Crippen molar-refractivity contribution in [2.24, 2.45) is 0 Å². The summed E-state index contributed by atoms with van der Waals surface area (Å²) in [5.74, 6) is -0.602. The molecule has 2 heterocycles. The van der Waals surface area contributed by atoms with Crippen LogP contribution in [0.25, 0.3) is 16.9 Å². The number of carbonyl (C=O) groups excluding carboxylic acids is 1. The van der Waals surface area contributed by atoms with Crippen LogP contribution >= 0.6 is 11.6 Å². The number of nitrogens with zero attached hydrogens (tertiary/aromatic N) is 3. The van der Waals surface area contributed by atoms with Gasteiger partial charge in [0, 0.05) is 16.8 Å². The van der Waals surface area contributed by atoms with E-state index < -0.39 is 23.1 Å². The Morgan fingerprint density at radius 3 is 2.57 bits per heavy atom. The molecule has 0 bridgehead atoms. The van der Waals surface area contributed by atoms with Crippen molar-refractivity contribution in [2.75, 3.05) is 0 Å². The van der Waals surface area contributed by atoms with Gasteiger partial charge >= 0.3 is 0 Å². The molecule has 0 aliphatic carbocycles. The molecule has 0 unspecified atom stereocenters. The van der Waals surface area contributed by atoms with Crippen LogP contribution in [-0.2, 0) is 0 Å². The highest BCUT2D eigenvalue weighted by molar-refractivity contribution is 6.30. The SMILES string of the molecule is C[C@H](NC(=O)c1cc(-c2ccc(Cl)cc2)nn(-c2cn[nH]c2)c1=O)C(C)(C)O. The van der Waals surface area contributed by atoms with Crippen molar-refractivity contribution in [3.8, 4) is 16.9 Å². The molecule has 0 aliphatic rings. The van der Waals surface area contributed by atoms with Crippen molar-refractivity contribution >= 4 is 17.5 Å². The Kier molecular flexibility index (Phi) is 5.35. The summed E-state index contributed by atoms with van der Waals surface area (Å²) in [4.78, 5) is 25.7. The molecular weight excluding hydrogens is 382 g/mol. The summed E-state index contributed by atoms with van der Waals surface area (Å²) in [6.07, 6.45) is 2.93. The number of aromatic amines is 1. The number of nitrogens with one attached hydrogen (secondary N) is 2. The molecule has 3 rings (SSSR count). The van der Waals surface area contributed by atoms with Crippen LogP contribution < -0.4 is 10.9 Å². The minimum absolute atomic E-state index is 0.0998. The molecule has 28 heavy (non-hydrogen) atoms. The van der Waals surface area contributed by atoms with Crippen LogP contribution in [0.5, 0.6) is 0 Å². The molecule has 3 N–H and O–H groups in total. The maximum Gasteiger partial charge on any atom is 0.284 e. The van der Waals surface area contributed by atoms with Crippen LogP contribution in [-0.4, -0.2) is 42.6 Å². The van der Waals surface area contributed by atoms with Crippen molar-refractivity contribution in [3.63, 3.8) is 0 Å². The topological polar surface area (TPSA) is 113 Å². The standard InChI is InChI=1S/C19H20ClN5O3/c1-11(19(2,3)28)23-17(26)15-8-16(12-4-6-13(20)7-5-12)24-25(18(15)27)14-9-21-22-10-14/h4-11,28H,1-3H3,(H,21,22)(H,23,26)/t11-/m0/s1. The van der Waals surface area contributed by atoms with Gasteiger partial charge in [-0.25, -0.2) is 0 Å². The van der Waals surface area contributed by atoms with Gasteiger partial charge in [-0.1, -0.05) is 23.7 Å². The summed E-state index contributed by atoms with van der Waals surface area (Å²) in [7, 11) is 0. The number of hydrogen-bond acceptors (Lipinski definition) is 5. The summed E-state index contributed by atoms with van der Waals surface area (Å²) in [5.41, 5.74) is -0.349. The highest BCUT2D eigenvalue weighted by atomic mass is 35.5. The monoisotopic (exact) mass is 401 g/mol. The van der Waals surface area contributed by atoms with Gasteiger partial charge in [0.2, 0.25) is 0 Å². The fourth-order valence-corrected chi connectivity index (χ4v) is 2.53. The number of amides is 1. The lowest BCUT2D eigenvalue weighted by Crippen LogP contribution is -2.48. The third-order valence-electron chi connectivity index (χ3n) is 4.43. The highest BCUT2D eigenvalue weighted by Gasteiger charge is 2.26. The molecule has 0 fully saturated rings. The first-order valence-corrected chi connectivity index (χ1v) is 8.97. The average molecular weight is 402 g/mol. The molecule has 1 amide bonds. The van der Waals surface area contributed by atoms with E-state index in [4.69, 9.17) is 11.6 Å². The molecule has 9 heteroatoms. The summed E-state index contributed by atoms with van der Waals surface area (Å²) < 4.78 is 1.11. The van der Waals surface area contributed by atoms with Crippen molar-refractivity contribution in [3.05, 3.63) is 63.7 Å². The third-order valence-corrected chi connectivity index (χ3v) is 4.68. The Bertz CT molecular complexity index is 1040. The number of rotatable bonds is 5. The second kappa shape index (κ2) is 7.57. The fourth-order valence-electron chi connectivity index (χ4n) is 2.40. The first-order valence-electron chi connectivity index (χ1n) is 8.59. The van der Waals surface area contributed by atoms with Crippen LogP contribution in [0, 0.1) is 0 Å². The Morgan fingerprint density at radius 2 is 2.00 bits per heavy atom. The number of aliphatic hydroxyl groups is 1. The molecule has 0 radical (unpaired) electrons. The second-order valence-corrected chi connectivity index (χ2v) is 7.41. The highest BCUT2D eigenvalue weighted by Crippen LogP contribution is 2.20. The van der Waals surface area contributed by atoms with Gasteiger partial charge < -0.3 is 10.4 Å². The van der Waals surface area contributed by atoms with E-state index in [-0.39, 0.29) is 5.56 Å². The van der Waals surface area contributed by atoms with E-state index in [0.717, 1.165) is 4.68 Å². The average Bonchev–Trinajstić information content (AvgIpc) is 3.16. The van der Waals surface area contributed by atoms with E-state index in [1.54, 1.807) is 45.0 Å². The molecule has 0 aliphatic heterocycles. The summed E-state index contributed by atoms with van der Waals surface area (Å²) in [6, 6.07) is 7.73. The van der Waals surface area contributed by atoms with Gasteiger partial charge in [0.05, 0.1) is 23.5 Å². The van der Waals surface area contributed by atoms with Crippen LogP contribution in [0.3, 0.4) is 0 Å². The van der Waals surface area contributed by atoms with Crippen LogP contribution in [0.2, 0.25) is 5.02 Å². The maximum absolute atomic E-state index is 12.9. The van der Waals surface area contributed by atoms with Crippen LogP contribution in [0.1, 0.15) is 31.1 Å². The quantitative estimate of drug-likeness (QED) is 0.606. The van der Waals surface area contributed by atoms with Gasteiger partial charge in [0.25, 0.3) is 11.5 Å². The number of carbonyl (C=O) groups is 1. The van der Waals surface area contributed by atoms with E-state index in [1.807, 2.05) is 0 Å². The number of benzene rings is 1. The smallest absolute Gasteiger partial charge is 0.284 e. The van der Waals surface area contributed by atoms with E-state index >= 15 is 0 Å². The molecule has 3 aromatic rings. The van der Waals surface area contributed by atoms with E-state index in [2.05, 4.69) is 20.6 Å². The second-order valence-electron chi connectivity index (χ2n) is 6.97. The minimum atomic E-state index is -1.15.